The van der Waals surface area contributed by atoms with Crippen LogP contribution < -0.4 is 0 Å². The maximum atomic E-state index is 12.7. The highest BCUT2D eigenvalue weighted by molar-refractivity contribution is 5.96. The molecule has 4 rings (SSSR count). The van der Waals surface area contributed by atoms with Gasteiger partial charge in [0, 0.05) is 39.4 Å². The molecule has 2 aromatic rings. The Labute approximate surface area is 147 Å². The summed E-state index contributed by atoms with van der Waals surface area (Å²) in [4.78, 5) is 33.1. The number of rotatable bonds is 5. The molecule has 1 aromatic heterocycles. The third-order valence-corrected chi connectivity index (χ3v) is 4.87. The smallest absolute Gasteiger partial charge is 0.289 e. The first kappa shape index (κ1) is 15.9. The van der Waals surface area contributed by atoms with Crippen LogP contribution in [0, 0.1) is 5.92 Å². The molecule has 1 aromatic carbocycles. The van der Waals surface area contributed by atoms with Gasteiger partial charge in [0.05, 0.1) is 0 Å². The molecule has 0 unspecified atom stereocenters. The molecule has 2 aliphatic rings. The third-order valence-electron chi connectivity index (χ3n) is 4.87. The summed E-state index contributed by atoms with van der Waals surface area (Å²) >= 11 is 0. The van der Waals surface area contributed by atoms with Crippen molar-refractivity contribution >= 4 is 11.8 Å². The van der Waals surface area contributed by atoms with Gasteiger partial charge in [0.1, 0.15) is 5.69 Å². The number of aromatic nitrogens is 2. The van der Waals surface area contributed by atoms with Crippen molar-refractivity contribution in [3.05, 3.63) is 53.6 Å². The van der Waals surface area contributed by atoms with E-state index in [0.717, 1.165) is 12.1 Å². The molecule has 6 heteroatoms. The Morgan fingerprint density at radius 1 is 1.24 bits per heavy atom. The van der Waals surface area contributed by atoms with Crippen molar-refractivity contribution in [2.45, 2.75) is 25.9 Å². The van der Waals surface area contributed by atoms with Gasteiger partial charge in [-0.25, -0.2) is 4.98 Å². The number of benzene rings is 1. The van der Waals surface area contributed by atoms with Crippen LogP contribution in [0.3, 0.4) is 0 Å². The number of amides is 2. The van der Waals surface area contributed by atoms with Crippen LogP contribution in [0.4, 0.5) is 0 Å². The molecule has 1 fully saturated rings. The summed E-state index contributed by atoms with van der Waals surface area (Å²) in [5.41, 5.74) is 1.41. The average Bonchev–Trinajstić information content (AvgIpc) is 3.33. The largest absolute Gasteiger partial charge is 0.336 e. The molecule has 0 N–H and O–H groups in total. The summed E-state index contributed by atoms with van der Waals surface area (Å²) in [6, 6.07) is 9.84. The van der Waals surface area contributed by atoms with Crippen LogP contribution in [0.1, 0.15) is 39.5 Å². The fourth-order valence-electron chi connectivity index (χ4n) is 3.24. The van der Waals surface area contributed by atoms with Gasteiger partial charge >= 0.3 is 0 Å². The molecule has 0 spiro atoms. The fraction of sp³-hybridized carbons (Fsp3) is 0.421. The van der Waals surface area contributed by atoms with Gasteiger partial charge in [-0.3, -0.25) is 9.59 Å². The van der Waals surface area contributed by atoms with Crippen LogP contribution in [0.5, 0.6) is 0 Å². The van der Waals surface area contributed by atoms with E-state index in [4.69, 9.17) is 0 Å². The summed E-state index contributed by atoms with van der Waals surface area (Å²) in [5.74, 6) is 0.835. The van der Waals surface area contributed by atoms with E-state index >= 15 is 0 Å². The normalized spacial score (nSPS) is 16.7. The van der Waals surface area contributed by atoms with Gasteiger partial charge in [-0.05, 0) is 24.3 Å². The molecule has 1 saturated carbocycles. The highest BCUT2D eigenvalue weighted by Gasteiger charge is 2.32. The Morgan fingerprint density at radius 2 is 2.00 bits per heavy atom. The minimum Gasteiger partial charge on any atom is -0.336 e. The maximum Gasteiger partial charge on any atom is 0.289 e. The number of carbonyl (C=O) groups excluding carboxylic acids is 2. The SMILES string of the molecule is CN(Cc1ccccc1)C(=O)c1cn2c(n1)C(=O)N(CC1CC1)CC2. The van der Waals surface area contributed by atoms with Crippen molar-refractivity contribution in [3.8, 4) is 0 Å². The lowest BCUT2D eigenvalue weighted by atomic mass is 10.2. The van der Waals surface area contributed by atoms with Gasteiger partial charge < -0.3 is 14.4 Å². The standard InChI is InChI=1S/C19H22N4O2/c1-21(11-14-5-3-2-4-6-14)18(24)16-13-22-9-10-23(12-15-7-8-15)19(25)17(22)20-16/h2-6,13,15H,7-12H2,1H3. The molecule has 0 bridgehead atoms. The molecule has 1 aliphatic carbocycles. The zero-order chi connectivity index (χ0) is 17.4. The van der Waals surface area contributed by atoms with E-state index in [1.165, 1.54) is 12.8 Å². The van der Waals surface area contributed by atoms with E-state index in [0.29, 0.717) is 37.1 Å². The number of carbonyl (C=O) groups is 2. The van der Waals surface area contributed by atoms with E-state index in [1.807, 2.05) is 39.8 Å². The minimum atomic E-state index is -0.160. The molecule has 130 valence electrons. The third kappa shape index (κ3) is 3.29. The Morgan fingerprint density at radius 3 is 2.72 bits per heavy atom. The van der Waals surface area contributed by atoms with Crippen molar-refractivity contribution < 1.29 is 9.59 Å². The Balaban J connectivity index is 1.48. The number of nitrogens with zero attached hydrogens (tertiary/aromatic N) is 4. The van der Waals surface area contributed by atoms with Crippen molar-refractivity contribution in [2.75, 3.05) is 20.1 Å². The van der Waals surface area contributed by atoms with Gasteiger partial charge in [0.25, 0.3) is 11.8 Å². The second-order valence-corrected chi connectivity index (χ2v) is 6.98. The topological polar surface area (TPSA) is 58.4 Å². The predicted molar refractivity (Wildman–Crippen MR) is 93.1 cm³/mol. The summed E-state index contributed by atoms with van der Waals surface area (Å²) in [6.45, 7) is 2.75. The van der Waals surface area contributed by atoms with E-state index in [1.54, 1.807) is 18.1 Å². The highest BCUT2D eigenvalue weighted by Crippen LogP contribution is 2.30. The van der Waals surface area contributed by atoms with E-state index in [-0.39, 0.29) is 11.8 Å². The van der Waals surface area contributed by atoms with E-state index in [9.17, 15) is 9.59 Å². The number of fused-ring (bicyclic) bond motifs is 1. The van der Waals surface area contributed by atoms with Crippen LogP contribution in [0.15, 0.2) is 36.5 Å². The molecule has 2 amide bonds. The number of hydrogen-bond donors (Lipinski definition) is 0. The van der Waals surface area contributed by atoms with Gasteiger partial charge in [-0.1, -0.05) is 30.3 Å². The molecule has 25 heavy (non-hydrogen) atoms. The van der Waals surface area contributed by atoms with Gasteiger partial charge in [0.2, 0.25) is 0 Å². The summed E-state index contributed by atoms with van der Waals surface area (Å²) in [6.07, 6.45) is 4.14. The molecule has 0 atom stereocenters. The Kier molecular flexibility index (Phi) is 4.03. The highest BCUT2D eigenvalue weighted by atomic mass is 16.2. The summed E-state index contributed by atoms with van der Waals surface area (Å²) < 4.78 is 1.81. The predicted octanol–water partition coefficient (Wildman–Crippen LogP) is 2.02. The zero-order valence-corrected chi connectivity index (χ0v) is 14.4. The van der Waals surface area contributed by atoms with E-state index < -0.39 is 0 Å². The first-order valence-electron chi connectivity index (χ1n) is 8.77. The molecule has 2 heterocycles. The van der Waals surface area contributed by atoms with Gasteiger partial charge in [-0.2, -0.15) is 0 Å². The minimum absolute atomic E-state index is 0.0529. The maximum absolute atomic E-state index is 12.7. The molecular weight excluding hydrogens is 316 g/mol. The lowest BCUT2D eigenvalue weighted by Crippen LogP contribution is -2.41. The lowest BCUT2D eigenvalue weighted by molar-refractivity contribution is 0.0688. The molecular formula is C19H22N4O2. The summed E-state index contributed by atoms with van der Waals surface area (Å²) in [7, 11) is 1.76. The fourth-order valence-corrected chi connectivity index (χ4v) is 3.24. The monoisotopic (exact) mass is 338 g/mol. The molecule has 1 aliphatic heterocycles. The van der Waals surface area contributed by atoms with Crippen LogP contribution in [0.25, 0.3) is 0 Å². The van der Waals surface area contributed by atoms with Crippen molar-refractivity contribution in [3.63, 3.8) is 0 Å². The van der Waals surface area contributed by atoms with Gasteiger partial charge in [0.15, 0.2) is 5.82 Å². The molecule has 0 saturated heterocycles. The van der Waals surface area contributed by atoms with E-state index in [2.05, 4.69) is 4.98 Å². The molecule has 6 nitrogen and oxygen atoms in total. The first-order chi connectivity index (χ1) is 12.1. The van der Waals surface area contributed by atoms with Crippen LogP contribution >= 0.6 is 0 Å². The van der Waals surface area contributed by atoms with Crippen molar-refractivity contribution in [1.29, 1.82) is 0 Å². The van der Waals surface area contributed by atoms with Crippen LogP contribution in [-0.4, -0.2) is 51.3 Å². The van der Waals surface area contributed by atoms with Crippen molar-refractivity contribution in [2.24, 2.45) is 5.92 Å². The lowest BCUT2D eigenvalue weighted by Gasteiger charge is -2.27. The second kappa shape index (κ2) is 6.35. The number of hydrogen-bond acceptors (Lipinski definition) is 3. The average molecular weight is 338 g/mol. The first-order valence-corrected chi connectivity index (χ1v) is 8.77. The van der Waals surface area contributed by atoms with Crippen LogP contribution in [0.2, 0.25) is 0 Å². The van der Waals surface area contributed by atoms with Crippen molar-refractivity contribution in [1.82, 2.24) is 19.4 Å². The van der Waals surface area contributed by atoms with Gasteiger partial charge in [-0.15, -0.1) is 0 Å². The zero-order valence-electron chi connectivity index (χ0n) is 14.4. The Bertz CT molecular complexity index is 795. The number of imidazole rings is 1. The Hall–Kier alpha value is -2.63. The quantitative estimate of drug-likeness (QED) is 0.838. The van der Waals surface area contributed by atoms with Crippen LogP contribution in [-0.2, 0) is 13.1 Å². The molecule has 0 radical (unpaired) electrons. The second-order valence-electron chi connectivity index (χ2n) is 6.98. The summed E-state index contributed by atoms with van der Waals surface area (Å²) in [5, 5.41) is 0.